The number of rotatable bonds is 7. The molecule has 8 heteroatoms. The number of hydrazone groups is 1. The Morgan fingerprint density at radius 1 is 0.939 bits per heavy atom. The van der Waals surface area contributed by atoms with Crippen LogP contribution in [0.25, 0.3) is 5.69 Å². The summed E-state index contributed by atoms with van der Waals surface area (Å²) in [6, 6.07) is 19.1. The minimum absolute atomic E-state index is 0.0861. The van der Waals surface area contributed by atoms with Crippen molar-refractivity contribution >= 4 is 17.6 Å². The van der Waals surface area contributed by atoms with Crippen molar-refractivity contribution in [1.29, 1.82) is 0 Å². The van der Waals surface area contributed by atoms with Crippen molar-refractivity contribution in [3.8, 4) is 17.2 Å². The fraction of sp³-hybridized carbons (Fsp3) is 0.0800. The average molecular weight is 443 g/mol. The maximum atomic E-state index is 12.5. The average Bonchev–Trinajstić information content (AvgIpc) is 3.57. The van der Waals surface area contributed by atoms with Gasteiger partial charge in [-0.1, -0.05) is 0 Å². The van der Waals surface area contributed by atoms with Gasteiger partial charge in [-0.2, -0.15) is 5.10 Å². The quantitative estimate of drug-likeness (QED) is 0.197. The molecule has 0 unspecified atom stereocenters. The van der Waals surface area contributed by atoms with Crippen molar-refractivity contribution in [1.82, 2.24) is 9.99 Å². The third-order valence-corrected chi connectivity index (χ3v) is 4.86. The highest BCUT2D eigenvalue weighted by Gasteiger charge is 2.16. The minimum Gasteiger partial charge on any atom is -0.493 e. The van der Waals surface area contributed by atoms with E-state index < -0.39 is 5.97 Å². The van der Waals surface area contributed by atoms with Crippen molar-refractivity contribution in [3.63, 3.8) is 0 Å². The molecule has 0 aliphatic carbocycles. The Labute approximate surface area is 190 Å². The first-order chi connectivity index (χ1) is 16.0. The summed E-state index contributed by atoms with van der Waals surface area (Å²) in [5.74, 6) is -0.296. The lowest BCUT2D eigenvalue weighted by Crippen LogP contribution is -2.19. The van der Waals surface area contributed by atoms with E-state index >= 15 is 0 Å². The molecule has 4 rings (SSSR count). The van der Waals surface area contributed by atoms with Gasteiger partial charge < -0.3 is 18.5 Å². The summed E-state index contributed by atoms with van der Waals surface area (Å²) in [6.45, 7) is 1.75. The lowest BCUT2D eigenvalue weighted by atomic mass is 10.1. The second-order valence-corrected chi connectivity index (χ2v) is 7.01. The monoisotopic (exact) mass is 443 g/mol. The number of carbonyl (C=O) groups excluding carboxylic acids is 2. The molecule has 0 atom stereocenters. The van der Waals surface area contributed by atoms with E-state index in [1.807, 2.05) is 41.2 Å². The van der Waals surface area contributed by atoms with Crippen LogP contribution < -0.4 is 14.9 Å². The summed E-state index contributed by atoms with van der Waals surface area (Å²) in [6.07, 6.45) is 5.25. The smallest absolute Gasteiger partial charge is 0.379 e. The van der Waals surface area contributed by atoms with Gasteiger partial charge in [0, 0.05) is 29.2 Å². The van der Waals surface area contributed by atoms with Gasteiger partial charge in [-0.25, -0.2) is 10.2 Å². The van der Waals surface area contributed by atoms with Crippen LogP contribution in [0.4, 0.5) is 0 Å². The van der Waals surface area contributed by atoms with Crippen LogP contribution in [0.1, 0.15) is 33.4 Å². The number of esters is 1. The van der Waals surface area contributed by atoms with Crippen LogP contribution in [0.2, 0.25) is 0 Å². The molecule has 0 aliphatic rings. The van der Waals surface area contributed by atoms with E-state index in [2.05, 4.69) is 10.5 Å². The molecule has 2 heterocycles. The highest BCUT2D eigenvalue weighted by molar-refractivity contribution is 6.01. The van der Waals surface area contributed by atoms with Crippen molar-refractivity contribution in [2.75, 3.05) is 7.11 Å². The van der Waals surface area contributed by atoms with E-state index in [0.29, 0.717) is 22.6 Å². The van der Waals surface area contributed by atoms with Gasteiger partial charge >= 0.3 is 5.97 Å². The molecule has 0 fully saturated rings. The molecule has 2 aromatic heterocycles. The molecule has 166 valence electrons. The Hall–Kier alpha value is -4.59. The van der Waals surface area contributed by atoms with E-state index in [1.165, 1.54) is 19.4 Å². The summed E-state index contributed by atoms with van der Waals surface area (Å²) in [4.78, 5) is 24.6. The van der Waals surface area contributed by atoms with Crippen LogP contribution in [0.15, 0.2) is 94.9 Å². The number of benzene rings is 2. The van der Waals surface area contributed by atoms with E-state index in [4.69, 9.17) is 13.9 Å². The van der Waals surface area contributed by atoms with Gasteiger partial charge in [0.25, 0.3) is 5.91 Å². The number of furan rings is 1. The number of carbonyl (C=O) groups is 2. The number of hydrogen-bond donors (Lipinski definition) is 1. The summed E-state index contributed by atoms with van der Waals surface area (Å²) >= 11 is 0. The zero-order valence-electron chi connectivity index (χ0n) is 18.0. The minimum atomic E-state index is -0.633. The standard InChI is InChI=1S/C25H21N3O5/c1-17(26-27-24(29)18-7-10-20(11-8-18)28-13-3-4-14-28)19-9-12-21(23(16-19)31-2)33-25(30)22-6-5-15-32-22/h3-16H,1-2H3,(H,27,29)/b26-17+. The van der Waals surface area contributed by atoms with Crippen LogP contribution in [0, 0.1) is 0 Å². The predicted octanol–water partition coefficient (Wildman–Crippen LogP) is 4.45. The Kier molecular flexibility index (Phi) is 6.36. The van der Waals surface area contributed by atoms with E-state index in [-0.39, 0.29) is 17.4 Å². The molecule has 0 aliphatic heterocycles. The number of hydrogen-bond acceptors (Lipinski definition) is 6. The zero-order chi connectivity index (χ0) is 23.2. The summed E-state index contributed by atoms with van der Waals surface area (Å²) in [5, 5.41) is 4.18. The van der Waals surface area contributed by atoms with Crippen molar-refractivity contribution in [2.24, 2.45) is 5.10 Å². The molecule has 0 radical (unpaired) electrons. The Morgan fingerprint density at radius 3 is 2.33 bits per heavy atom. The van der Waals surface area contributed by atoms with Crippen LogP contribution in [0.5, 0.6) is 11.5 Å². The van der Waals surface area contributed by atoms with Gasteiger partial charge in [0.15, 0.2) is 11.5 Å². The number of nitrogens with zero attached hydrogens (tertiary/aromatic N) is 2. The van der Waals surface area contributed by atoms with E-state index in [1.54, 1.807) is 43.3 Å². The van der Waals surface area contributed by atoms with Crippen molar-refractivity contribution in [3.05, 3.63) is 102 Å². The van der Waals surface area contributed by atoms with E-state index in [9.17, 15) is 9.59 Å². The van der Waals surface area contributed by atoms with Crippen molar-refractivity contribution < 1.29 is 23.5 Å². The number of aromatic nitrogens is 1. The third kappa shape index (κ3) is 5.01. The first kappa shape index (κ1) is 21.6. The number of amides is 1. The number of ether oxygens (including phenoxy) is 2. The van der Waals surface area contributed by atoms with Gasteiger partial charge in [0.1, 0.15) is 0 Å². The van der Waals surface area contributed by atoms with Crippen LogP contribution >= 0.6 is 0 Å². The molecule has 0 saturated heterocycles. The lowest BCUT2D eigenvalue weighted by molar-refractivity contribution is 0.0696. The normalized spacial score (nSPS) is 11.2. The second-order valence-electron chi connectivity index (χ2n) is 7.01. The number of nitrogens with one attached hydrogen (secondary N) is 1. The van der Waals surface area contributed by atoms with Gasteiger partial charge in [-0.15, -0.1) is 0 Å². The molecular weight excluding hydrogens is 422 g/mol. The van der Waals surface area contributed by atoms with Gasteiger partial charge in [-0.3, -0.25) is 4.79 Å². The van der Waals surface area contributed by atoms with Gasteiger partial charge in [-0.05, 0) is 73.7 Å². The Bertz CT molecular complexity index is 1270. The molecule has 33 heavy (non-hydrogen) atoms. The highest BCUT2D eigenvalue weighted by atomic mass is 16.6. The second kappa shape index (κ2) is 9.69. The Balaban J connectivity index is 1.43. The van der Waals surface area contributed by atoms with Gasteiger partial charge in [0.2, 0.25) is 5.76 Å². The first-order valence-electron chi connectivity index (χ1n) is 10.1. The third-order valence-electron chi connectivity index (χ3n) is 4.86. The molecule has 8 nitrogen and oxygen atoms in total. The fourth-order valence-corrected chi connectivity index (χ4v) is 3.08. The zero-order valence-corrected chi connectivity index (χ0v) is 18.0. The topological polar surface area (TPSA) is 95.1 Å². The molecule has 1 amide bonds. The van der Waals surface area contributed by atoms with Gasteiger partial charge in [0.05, 0.1) is 19.1 Å². The highest BCUT2D eigenvalue weighted by Crippen LogP contribution is 2.29. The molecule has 0 spiro atoms. The predicted molar refractivity (Wildman–Crippen MR) is 122 cm³/mol. The summed E-state index contributed by atoms with van der Waals surface area (Å²) in [5.41, 5.74) is 5.24. The molecular formula is C25H21N3O5. The molecule has 4 aromatic rings. The van der Waals surface area contributed by atoms with Crippen LogP contribution in [0.3, 0.4) is 0 Å². The van der Waals surface area contributed by atoms with Crippen molar-refractivity contribution in [2.45, 2.75) is 6.92 Å². The van der Waals surface area contributed by atoms with E-state index in [0.717, 1.165) is 5.69 Å². The summed E-state index contributed by atoms with van der Waals surface area (Å²) < 4.78 is 17.7. The molecule has 0 bridgehead atoms. The molecule has 0 saturated carbocycles. The van der Waals surface area contributed by atoms with Crippen LogP contribution in [-0.4, -0.2) is 29.3 Å². The lowest BCUT2D eigenvalue weighted by Gasteiger charge is -2.10. The maximum absolute atomic E-state index is 12.5. The molecule has 1 N–H and O–H groups in total. The Morgan fingerprint density at radius 2 is 1.67 bits per heavy atom. The molecule has 2 aromatic carbocycles. The fourth-order valence-electron chi connectivity index (χ4n) is 3.08. The van der Waals surface area contributed by atoms with Crippen LogP contribution in [-0.2, 0) is 0 Å². The SMILES string of the molecule is COc1cc(/C(C)=N/NC(=O)c2ccc(-n3cccc3)cc2)ccc1OC(=O)c1ccco1. The largest absolute Gasteiger partial charge is 0.493 e. The summed E-state index contributed by atoms with van der Waals surface area (Å²) in [7, 11) is 1.47. The first-order valence-corrected chi connectivity index (χ1v) is 10.1. The maximum Gasteiger partial charge on any atom is 0.379 e. The number of methoxy groups -OCH3 is 1.